The van der Waals surface area contributed by atoms with E-state index in [0.717, 1.165) is 0 Å². The van der Waals surface area contributed by atoms with Crippen molar-refractivity contribution in [2.75, 3.05) is 13.7 Å². The van der Waals surface area contributed by atoms with Gasteiger partial charge in [0, 0.05) is 0 Å². The van der Waals surface area contributed by atoms with Crippen LogP contribution in [-0.2, 0) is 18.4 Å². The lowest BCUT2D eigenvalue weighted by atomic mass is 10.2. The summed E-state index contributed by atoms with van der Waals surface area (Å²) in [7, 11) is -3.40. The van der Waals surface area contributed by atoms with Crippen molar-refractivity contribution in [2.45, 2.75) is 77.2 Å². The molecule has 0 unspecified atom stereocenters. The highest BCUT2D eigenvalue weighted by Crippen LogP contribution is 2.39. The van der Waals surface area contributed by atoms with Crippen LogP contribution in [0.15, 0.2) is 60.7 Å². The van der Waals surface area contributed by atoms with Gasteiger partial charge in [-0.05, 0) is 33.5 Å². The van der Waals surface area contributed by atoms with Gasteiger partial charge < -0.3 is 13.6 Å². The minimum Gasteiger partial charge on any atom is -0.469 e. The van der Waals surface area contributed by atoms with Crippen LogP contribution in [0.1, 0.15) is 48.0 Å². The molecule has 33 heavy (non-hydrogen) atoms. The molecule has 0 heterocycles. The predicted octanol–water partition coefficient (Wildman–Crippen LogP) is 5.52. The Morgan fingerprint density at radius 2 is 1.27 bits per heavy atom. The van der Waals surface area contributed by atoms with Gasteiger partial charge in [-0.25, -0.2) is 0 Å². The summed E-state index contributed by atoms with van der Waals surface area (Å²) in [6, 6.07) is 21.0. The summed E-state index contributed by atoms with van der Waals surface area (Å²) in [6.07, 6.45) is -0.242. The van der Waals surface area contributed by atoms with Gasteiger partial charge in [-0.1, -0.05) is 102 Å². The fraction of sp³-hybridized carbons (Fsp3) is 0.519. The molecule has 1 atom stereocenters. The Labute approximate surface area is 202 Å². The van der Waals surface area contributed by atoms with Crippen molar-refractivity contribution in [3.8, 4) is 0 Å². The first-order valence-corrected chi connectivity index (χ1v) is 16.6. The number of esters is 1. The predicted molar refractivity (Wildman–Crippen MR) is 142 cm³/mol. The zero-order valence-electron chi connectivity index (χ0n) is 21.9. The van der Waals surface area contributed by atoms with E-state index in [2.05, 4.69) is 103 Å². The first-order chi connectivity index (χ1) is 15.2. The number of carbonyl (C=O) groups is 1. The monoisotopic (exact) mass is 486 g/mol. The molecule has 0 aromatic heterocycles. The maximum Gasteiger partial charge on any atom is 0.308 e. The summed E-state index contributed by atoms with van der Waals surface area (Å²) >= 11 is 0. The van der Waals surface area contributed by atoms with Crippen molar-refractivity contribution in [3.05, 3.63) is 60.7 Å². The summed E-state index contributed by atoms with van der Waals surface area (Å²) in [5, 5.41) is 2.26. The topological polar surface area (TPSA) is 44.8 Å². The smallest absolute Gasteiger partial charge is 0.308 e. The standard InChI is InChI=1S/C27H42O4Si2/c1-26(2,3)32(8,9)30-21-22(20-25(28)29-7)31-33(27(4,5)6,23-16-12-10-13-17-23)24-18-14-11-15-19-24/h10-19,22H,20-21H2,1-9H3/t22-/m1/s1. The largest absolute Gasteiger partial charge is 0.469 e. The quantitative estimate of drug-likeness (QED) is 0.346. The second-order valence-corrected chi connectivity index (χ2v) is 20.3. The van der Waals surface area contributed by atoms with E-state index in [9.17, 15) is 4.79 Å². The maximum atomic E-state index is 12.4. The molecule has 0 radical (unpaired) electrons. The zero-order chi connectivity index (χ0) is 24.9. The van der Waals surface area contributed by atoms with Gasteiger partial charge in [-0.2, -0.15) is 0 Å². The van der Waals surface area contributed by atoms with Crippen LogP contribution in [0, 0.1) is 0 Å². The first-order valence-electron chi connectivity index (χ1n) is 11.7. The number of methoxy groups -OCH3 is 1. The van der Waals surface area contributed by atoms with Gasteiger partial charge in [0.05, 0.1) is 26.2 Å². The van der Waals surface area contributed by atoms with Gasteiger partial charge in [0.25, 0.3) is 8.32 Å². The van der Waals surface area contributed by atoms with E-state index in [0.29, 0.717) is 6.61 Å². The minimum absolute atomic E-state index is 0.0697. The van der Waals surface area contributed by atoms with Crippen LogP contribution >= 0.6 is 0 Å². The molecule has 2 aromatic carbocycles. The zero-order valence-corrected chi connectivity index (χ0v) is 23.9. The molecule has 0 saturated heterocycles. The molecular weight excluding hydrogens is 444 g/mol. The van der Waals surface area contributed by atoms with E-state index in [1.54, 1.807) is 0 Å². The summed E-state index contributed by atoms with van der Waals surface area (Å²) in [4.78, 5) is 12.4. The van der Waals surface area contributed by atoms with Crippen molar-refractivity contribution >= 4 is 33.0 Å². The highest BCUT2D eigenvalue weighted by Gasteiger charge is 2.52. The van der Waals surface area contributed by atoms with Gasteiger partial charge >= 0.3 is 5.97 Å². The average Bonchev–Trinajstić information content (AvgIpc) is 2.75. The van der Waals surface area contributed by atoms with Crippen LogP contribution in [0.3, 0.4) is 0 Å². The number of hydrogen-bond donors (Lipinski definition) is 0. The van der Waals surface area contributed by atoms with Crippen LogP contribution in [-0.4, -0.2) is 42.4 Å². The average molecular weight is 487 g/mol. The van der Waals surface area contributed by atoms with Gasteiger partial charge in [0.1, 0.15) is 0 Å². The molecule has 0 aliphatic rings. The molecule has 0 spiro atoms. The van der Waals surface area contributed by atoms with Crippen molar-refractivity contribution in [3.63, 3.8) is 0 Å². The van der Waals surface area contributed by atoms with Crippen LogP contribution in [0.25, 0.3) is 0 Å². The van der Waals surface area contributed by atoms with Gasteiger partial charge in [0.15, 0.2) is 8.32 Å². The molecule has 4 nitrogen and oxygen atoms in total. The second-order valence-electron chi connectivity index (χ2n) is 11.3. The Balaban J connectivity index is 2.58. The van der Waals surface area contributed by atoms with E-state index in [-0.39, 0.29) is 22.5 Å². The SMILES string of the molecule is COC(=O)C[C@H](CO[Si](C)(C)C(C)(C)C)O[Si](c1ccccc1)(c1ccccc1)C(C)(C)C. The van der Waals surface area contributed by atoms with E-state index in [4.69, 9.17) is 13.6 Å². The molecule has 0 fully saturated rings. The molecule has 2 aromatic rings. The Hall–Kier alpha value is -1.74. The molecule has 0 amide bonds. The fourth-order valence-corrected chi connectivity index (χ4v) is 9.56. The first kappa shape index (κ1) is 27.5. The normalized spacial score (nSPS) is 14.1. The maximum absolute atomic E-state index is 12.4. The second kappa shape index (κ2) is 10.7. The summed E-state index contributed by atoms with van der Waals surface area (Å²) in [6.45, 7) is 18.2. The van der Waals surface area contributed by atoms with E-state index in [1.807, 2.05) is 12.1 Å². The van der Waals surface area contributed by atoms with E-state index >= 15 is 0 Å². The molecule has 182 valence electrons. The molecule has 0 aliphatic heterocycles. The Bertz CT molecular complexity index is 844. The highest BCUT2D eigenvalue weighted by atomic mass is 28.4. The molecule has 0 aliphatic carbocycles. The molecule has 6 heteroatoms. The third-order valence-electron chi connectivity index (χ3n) is 6.82. The minimum atomic E-state index is -2.81. The molecular formula is C27H42O4Si2. The molecule has 0 N–H and O–H groups in total. The number of carbonyl (C=O) groups excluding carboxylic acids is 1. The third kappa shape index (κ3) is 6.44. The Kier molecular flexibility index (Phi) is 8.90. The molecule has 0 bridgehead atoms. The number of hydrogen-bond acceptors (Lipinski definition) is 4. The Morgan fingerprint density at radius 3 is 1.64 bits per heavy atom. The van der Waals surface area contributed by atoms with Crippen LogP contribution < -0.4 is 10.4 Å². The lowest BCUT2D eigenvalue weighted by Crippen LogP contribution is -2.68. The number of ether oxygens (including phenoxy) is 1. The van der Waals surface area contributed by atoms with Crippen LogP contribution in [0.2, 0.25) is 23.2 Å². The summed E-state index contributed by atoms with van der Waals surface area (Å²) in [5.41, 5.74) is 0. The lowest BCUT2D eigenvalue weighted by molar-refractivity contribution is -0.143. The van der Waals surface area contributed by atoms with Crippen molar-refractivity contribution in [2.24, 2.45) is 0 Å². The van der Waals surface area contributed by atoms with Crippen molar-refractivity contribution in [1.82, 2.24) is 0 Å². The summed E-state index contributed by atoms with van der Waals surface area (Å²) in [5.74, 6) is -0.281. The Morgan fingerprint density at radius 1 is 0.818 bits per heavy atom. The molecule has 2 rings (SSSR count). The van der Waals surface area contributed by atoms with E-state index in [1.165, 1.54) is 17.5 Å². The number of rotatable bonds is 9. The lowest BCUT2D eigenvalue weighted by Gasteiger charge is -2.45. The van der Waals surface area contributed by atoms with Crippen molar-refractivity contribution < 1.29 is 18.4 Å². The molecule has 0 saturated carbocycles. The van der Waals surface area contributed by atoms with Crippen LogP contribution in [0.5, 0.6) is 0 Å². The highest BCUT2D eigenvalue weighted by molar-refractivity contribution is 6.99. The van der Waals surface area contributed by atoms with Gasteiger partial charge in [-0.15, -0.1) is 0 Å². The third-order valence-corrected chi connectivity index (χ3v) is 16.4. The van der Waals surface area contributed by atoms with Gasteiger partial charge in [0.2, 0.25) is 0 Å². The number of benzene rings is 2. The van der Waals surface area contributed by atoms with E-state index < -0.39 is 22.7 Å². The van der Waals surface area contributed by atoms with Gasteiger partial charge in [-0.3, -0.25) is 4.79 Å². The summed E-state index contributed by atoms with van der Waals surface area (Å²) < 4.78 is 18.8. The van der Waals surface area contributed by atoms with Crippen LogP contribution in [0.4, 0.5) is 0 Å². The fourth-order valence-electron chi connectivity index (χ4n) is 3.86. The van der Waals surface area contributed by atoms with Crippen molar-refractivity contribution in [1.29, 1.82) is 0 Å².